The fraction of sp³-hybridized carbons (Fsp3) is 0.312. The van der Waals surface area contributed by atoms with Crippen LogP contribution in [0.25, 0.3) is 22.0 Å². The van der Waals surface area contributed by atoms with Crippen molar-refractivity contribution in [3.8, 4) is 16.9 Å². The number of oxime groups is 1. The summed E-state index contributed by atoms with van der Waals surface area (Å²) in [6, 6.07) is 19.0. The zero-order valence-electron chi connectivity index (χ0n) is 22.8. The van der Waals surface area contributed by atoms with Crippen molar-refractivity contribution in [2.24, 2.45) is 11.1 Å². The molecule has 1 aliphatic carbocycles. The maximum Gasteiger partial charge on any atom is 0.416 e. The van der Waals surface area contributed by atoms with E-state index < -0.39 is 17.8 Å². The van der Waals surface area contributed by atoms with Gasteiger partial charge in [-0.1, -0.05) is 47.6 Å². The van der Waals surface area contributed by atoms with E-state index in [9.17, 15) is 23.5 Å². The van der Waals surface area contributed by atoms with Gasteiger partial charge in [-0.2, -0.15) is 13.2 Å². The fourth-order valence-electron chi connectivity index (χ4n) is 5.95. The van der Waals surface area contributed by atoms with Gasteiger partial charge in [-0.25, -0.2) is 0 Å². The first-order valence-electron chi connectivity index (χ1n) is 14.0. The molecule has 1 atom stereocenters. The maximum absolute atomic E-state index is 13.1. The van der Waals surface area contributed by atoms with E-state index in [-0.39, 0.29) is 6.61 Å². The summed E-state index contributed by atoms with van der Waals surface area (Å²) in [5.41, 5.74) is 4.47. The van der Waals surface area contributed by atoms with Crippen molar-refractivity contribution >= 4 is 22.3 Å². The van der Waals surface area contributed by atoms with Gasteiger partial charge in [0.25, 0.3) is 0 Å². The Bertz CT molecular complexity index is 1620. The number of aromatic nitrogens is 1. The number of hydrogen-bond donors (Lipinski definition) is 3. The summed E-state index contributed by atoms with van der Waals surface area (Å²) < 4.78 is 45.4. The summed E-state index contributed by atoms with van der Waals surface area (Å²) in [6.45, 7) is 2.77. The smallest absolute Gasteiger partial charge is 0.416 e. The maximum atomic E-state index is 13.1. The predicted molar refractivity (Wildman–Crippen MR) is 155 cm³/mol. The van der Waals surface area contributed by atoms with E-state index in [1.54, 1.807) is 6.20 Å². The van der Waals surface area contributed by atoms with Crippen LogP contribution in [-0.2, 0) is 6.18 Å². The number of benzene rings is 3. The molecule has 3 aromatic carbocycles. The van der Waals surface area contributed by atoms with Crippen LogP contribution in [-0.4, -0.2) is 59.9 Å². The number of fused-ring (bicyclic) bond motifs is 4. The number of halogens is 3. The second-order valence-corrected chi connectivity index (χ2v) is 10.8. The van der Waals surface area contributed by atoms with Crippen LogP contribution < -0.4 is 15.0 Å². The van der Waals surface area contributed by atoms with Crippen LogP contribution in [0.15, 0.2) is 78.1 Å². The highest BCUT2D eigenvalue weighted by Crippen LogP contribution is 2.41. The number of aliphatic hydroxyl groups excluding tert-OH is 1. The first-order chi connectivity index (χ1) is 20.3. The Morgan fingerprint density at radius 1 is 1.00 bits per heavy atom. The molecule has 4 aromatic rings. The standard InChI is InChI=1S/C32H31F3N4O3/c33-32(34,35)21-8-9-26-27(16-21)37-13-10-28(26)39-14-11-20(12-15-39)17-36-18-22(40)19-42-29-7-3-6-24-23-4-1-2-5-25(23)31(38-41)30(24)29/h1-10,13,16,20,22,36,40-41H,11-12,14-15,17-19H2/b38-31+/t22-/m0/s1. The summed E-state index contributed by atoms with van der Waals surface area (Å²) in [7, 11) is 0. The molecular formula is C32H31F3N4O3. The third-order valence-electron chi connectivity index (χ3n) is 8.08. The van der Waals surface area contributed by atoms with Crippen LogP contribution in [0.5, 0.6) is 5.75 Å². The minimum Gasteiger partial charge on any atom is -0.490 e. The summed E-state index contributed by atoms with van der Waals surface area (Å²) in [5.74, 6) is 0.972. The molecule has 3 N–H and O–H groups in total. The molecule has 6 rings (SSSR count). The molecule has 7 nitrogen and oxygen atoms in total. The van der Waals surface area contributed by atoms with Crippen molar-refractivity contribution in [1.29, 1.82) is 0 Å². The number of rotatable bonds is 8. The number of anilines is 1. The van der Waals surface area contributed by atoms with E-state index in [1.165, 1.54) is 6.07 Å². The second kappa shape index (κ2) is 11.6. The second-order valence-electron chi connectivity index (χ2n) is 10.8. The Kier molecular flexibility index (Phi) is 7.74. The average molecular weight is 577 g/mol. The Balaban J connectivity index is 0.991. The fourth-order valence-corrected chi connectivity index (χ4v) is 5.95. The summed E-state index contributed by atoms with van der Waals surface area (Å²) in [4.78, 5) is 6.37. The third kappa shape index (κ3) is 5.52. The summed E-state index contributed by atoms with van der Waals surface area (Å²) in [6.07, 6.45) is -1.73. The molecule has 0 unspecified atom stereocenters. The predicted octanol–water partition coefficient (Wildman–Crippen LogP) is 5.71. The lowest BCUT2D eigenvalue weighted by Gasteiger charge is -2.34. The van der Waals surface area contributed by atoms with Gasteiger partial charge in [0.05, 0.1) is 16.6 Å². The number of hydrogen-bond acceptors (Lipinski definition) is 7. The largest absolute Gasteiger partial charge is 0.490 e. The van der Waals surface area contributed by atoms with Gasteiger partial charge >= 0.3 is 6.18 Å². The molecule has 0 bridgehead atoms. The molecule has 0 saturated carbocycles. The zero-order chi connectivity index (χ0) is 29.3. The van der Waals surface area contributed by atoms with Crippen LogP contribution in [0.3, 0.4) is 0 Å². The normalized spacial score (nSPS) is 17.0. The Morgan fingerprint density at radius 2 is 1.76 bits per heavy atom. The van der Waals surface area contributed by atoms with Gasteiger partial charge in [-0.05, 0) is 60.7 Å². The number of nitrogens with one attached hydrogen (secondary N) is 1. The van der Waals surface area contributed by atoms with Crippen LogP contribution in [0.1, 0.15) is 29.5 Å². The van der Waals surface area contributed by atoms with Crippen molar-refractivity contribution in [3.63, 3.8) is 0 Å². The van der Waals surface area contributed by atoms with Crippen LogP contribution in [0.2, 0.25) is 0 Å². The molecule has 0 spiro atoms. The highest BCUT2D eigenvalue weighted by Gasteiger charge is 2.31. The van der Waals surface area contributed by atoms with Crippen LogP contribution in [0, 0.1) is 5.92 Å². The van der Waals surface area contributed by atoms with E-state index in [4.69, 9.17) is 4.74 Å². The molecule has 2 heterocycles. The molecule has 10 heteroatoms. The molecule has 42 heavy (non-hydrogen) atoms. The summed E-state index contributed by atoms with van der Waals surface area (Å²) in [5, 5.41) is 27.9. The first-order valence-corrected chi connectivity index (χ1v) is 14.0. The van der Waals surface area contributed by atoms with Gasteiger partial charge in [0.15, 0.2) is 0 Å². The van der Waals surface area contributed by atoms with Crippen molar-refractivity contribution in [3.05, 3.63) is 89.6 Å². The Labute approximate surface area is 241 Å². The highest BCUT2D eigenvalue weighted by atomic mass is 19.4. The number of ether oxygens (including phenoxy) is 1. The number of nitrogens with zero attached hydrogens (tertiary/aromatic N) is 3. The van der Waals surface area contributed by atoms with E-state index in [0.717, 1.165) is 77.9 Å². The number of pyridine rings is 1. The van der Waals surface area contributed by atoms with Crippen molar-refractivity contribution in [2.75, 3.05) is 37.7 Å². The van der Waals surface area contributed by atoms with Crippen molar-refractivity contribution < 1.29 is 28.2 Å². The van der Waals surface area contributed by atoms with E-state index in [1.807, 2.05) is 48.5 Å². The molecule has 218 valence electrons. The van der Waals surface area contributed by atoms with Crippen molar-refractivity contribution in [2.45, 2.75) is 25.1 Å². The molecular weight excluding hydrogens is 545 g/mol. The lowest BCUT2D eigenvalue weighted by Crippen LogP contribution is -2.39. The number of aliphatic hydroxyl groups is 1. The highest BCUT2D eigenvalue weighted by molar-refractivity contribution is 6.25. The monoisotopic (exact) mass is 576 g/mol. The SMILES string of the molecule is O/N=C1\c2ccccc2-c2cccc(OC[C@@H](O)CNCC3CCN(c4ccnc5cc(C(F)(F)F)ccc45)CC3)c21. The Hall–Kier alpha value is -4.15. The van der Waals surface area contributed by atoms with E-state index in [2.05, 4.69) is 20.4 Å². The quantitative estimate of drug-likeness (QED) is 0.162. The van der Waals surface area contributed by atoms with Gasteiger partial charge in [0, 0.05) is 42.5 Å². The van der Waals surface area contributed by atoms with Crippen LogP contribution >= 0.6 is 0 Å². The first kappa shape index (κ1) is 28.0. The van der Waals surface area contributed by atoms with Gasteiger partial charge in [0.1, 0.15) is 24.2 Å². The number of alkyl halides is 3. The topological polar surface area (TPSA) is 90.2 Å². The van der Waals surface area contributed by atoms with Gasteiger partial charge < -0.3 is 25.3 Å². The average Bonchev–Trinajstić information content (AvgIpc) is 3.33. The number of piperidine rings is 1. The molecule has 0 radical (unpaired) electrons. The summed E-state index contributed by atoms with van der Waals surface area (Å²) >= 11 is 0. The molecule has 1 aromatic heterocycles. The molecule has 1 aliphatic heterocycles. The molecule has 1 saturated heterocycles. The van der Waals surface area contributed by atoms with Gasteiger partial charge in [-0.3, -0.25) is 4.98 Å². The van der Waals surface area contributed by atoms with E-state index >= 15 is 0 Å². The Morgan fingerprint density at radius 3 is 2.52 bits per heavy atom. The molecule has 1 fully saturated rings. The van der Waals surface area contributed by atoms with Gasteiger partial charge in [0.2, 0.25) is 0 Å². The van der Waals surface area contributed by atoms with Crippen LogP contribution in [0.4, 0.5) is 18.9 Å². The minimum absolute atomic E-state index is 0.0854. The molecule has 0 amide bonds. The molecule has 2 aliphatic rings. The van der Waals surface area contributed by atoms with Crippen molar-refractivity contribution in [1.82, 2.24) is 10.3 Å². The lowest BCUT2D eigenvalue weighted by molar-refractivity contribution is -0.137. The zero-order valence-corrected chi connectivity index (χ0v) is 22.8. The van der Waals surface area contributed by atoms with E-state index in [0.29, 0.717) is 29.4 Å². The lowest BCUT2D eigenvalue weighted by atomic mass is 9.96. The minimum atomic E-state index is -4.40. The third-order valence-corrected chi connectivity index (χ3v) is 8.08. The van der Waals surface area contributed by atoms with Gasteiger partial charge in [-0.15, -0.1) is 0 Å².